The van der Waals surface area contributed by atoms with Gasteiger partial charge in [0.15, 0.2) is 0 Å². The first-order valence-electron chi connectivity index (χ1n) is 4.68. The highest BCUT2D eigenvalue weighted by Gasteiger charge is 1.92. The Hall–Kier alpha value is -0.830. The van der Waals surface area contributed by atoms with Gasteiger partial charge in [0.25, 0.3) is 0 Å². The number of pyridine rings is 1. The molecule has 0 aliphatic carbocycles. The van der Waals surface area contributed by atoms with Crippen LogP contribution in [0.3, 0.4) is 0 Å². The number of hydrogen-bond donors (Lipinski definition) is 0. The standard InChI is InChI=1S/C11H14BrNO/c1-2-14-11-7-6-10(9-13-11)5-3-4-8-12/h3,5-7,9H,2,4,8H2,1H3. The minimum Gasteiger partial charge on any atom is -0.478 e. The van der Waals surface area contributed by atoms with Crippen LogP contribution in [0.5, 0.6) is 5.88 Å². The van der Waals surface area contributed by atoms with Crippen LogP contribution in [0.1, 0.15) is 18.9 Å². The van der Waals surface area contributed by atoms with Crippen molar-refractivity contribution in [3.05, 3.63) is 30.0 Å². The average molecular weight is 256 g/mol. The Kier molecular flexibility index (Phi) is 5.30. The topological polar surface area (TPSA) is 22.1 Å². The van der Waals surface area contributed by atoms with Crippen LogP contribution < -0.4 is 4.74 Å². The molecule has 1 aromatic rings. The Morgan fingerprint density at radius 3 is 2.93 bits per heavy atom. The zero-order chi connectivity index (χ0) is 10.2. The second kappa shape index (κ2) is 6.60. The Morgan fingerprint density at radius 2 is 2.36 bits per heavy atom. The van der Waals surface area contributed by atoms with Gasteiger partial charge >= 0.3 is 0 Å². The van der Waals surface area contributed by atoms with E-state index in [4.69, 9.17) is 4.74 Å². The van der Waals surface area contributed by atoms with Gasteiger partial charge in [-0.1, -0.05) is 28.1 Å². The average Bonchev–Trinajstić information content (AvgIpc) is 2.21. The predicted octanol–water partition coefficient (Wildman–Crippen LogP) is 3.28. The molecule has 3 heteroatoms. The predicted molar refractivity (Wildman–Crippen MR) is 62.9 cm³/mol. The summed E-state index contributed by atoms with van der Waals surface area (Å²) in [7, 11) is 0. The van der Waals surface area contributed by atoms with Gasteiger partial charge in [-0.2, -0.15) is 0 Å². The van der Waals surface area contributed by atoms with Gasteiger partial charge in [-0.25, -0.2) is 4.98 Å². The van der Waals surface area contributed by atoms with Gasteiger partial charge in [0.05, 0.1) is 6.61 Å². The number of rotatable bonds is 5. The maximum absolute atomic E-state index is 5.24. The van der Waals surface area contributed by atoms with Crippen LogP contribution in [0.2, 0.25) is 0 Å². The Morgan fingerprint density at radius 1 is 1.50 bits per heavy atom. The summed E-state index contributed by atoms with van der Waals surface area (Å²) in [5.41, 5.74) is 1.11. The first-order chi connectivity index (χ1) is 6.86. The van der Waals surface area contributed by atoms with E-state index in [0.717, 1.165) is 17.3 Å². The lowest BCUT2D eigenvalue weighted by atomic mass is 10.2. The van der Waals surface area contributed by atoms with E-state index in [0.29, 0.717) is 12.5 Å². The van der Waals surface area contributed by atoms with Crippen LogP contribution >= 0.6 is 15.9 Å². The summed E-state index contributed by atoms with van der Waals surface area (Å²) in [5, 5.41) is 0.994. The van der Waals surface area contributed by atoms with Crippen LogP contribution in [0, 0.1) is 0 Å². The van der Waals surface area contributed by atoms with Crippen molar-refractivity contribution in [1.29, 1.82) is 0 Å². The summed E-state index contributed by atoms with van der Waals surface area (Å²) in [4.78, 5) is 4.16. The zero-order valence-corrected chi connectivity index (χ0v) is 9.83. The van der Waals surface area contributed by atoms with E-state index in [-0.39, 0.29) is 0 Å². The van der Waals surface area contributed by atoms with E-state index in [1.807, 2.05) is 25.3 Å². The number of halogens is 1. The first-order valence-corrected chi connectivity index (χ1v) is 5.80. The number of alkyl halides is 1. The third kappa shape index (κ3) is 3.92. The van der Waals surface area contributed by atoms with Crippen LogP contribution in [0.15, 0.2) is 24.4 Å². The largest absolute Gasteiger partial charge is 0.478 e. The number of aromatic nitrogens is 1. The Bertz CT molecular complexity index is 282. The first kappa shape index (κ1) is 11.2. The summed E-state index contributed by atoms with van der Waals surface area (Å²) in [6.07, 6.45) is 7.03. The fraction of sp³-hybridized carbons (Fsp3) is 0.364. The van der Waals surface area contributed by atoms with Crippen molar-refractivity contribution in [1.82, 2.24) is 4.98 Å². The molecule has 0 unspecified atom stereocenters. The minimum atomic E-state index is 0.659. The molecule has 76 valence electrons. The van der Waals surface area contributed by atoms with Crippen molar-refractivity contribution in [2.75, 3.05) is 11.9 Å². The third-order valence-electron chi connectivity index (χ3n) is 1.64. The van der Waals surface area contributed by atoms with Crippen LogP contribution in [0.25, 0.3) is 6.08 Å². The molecular weight excluding hydrogens is 242 g/mol. The fourth-order valence-corrected chi connectivity index (χ4v) is 1.27. The van der Waals surface area contributed by atoms with Crippen LogP contribution in [0.4, 0.5) is 0 Å². The van der Waals surface area contributed by atoms with Gasteiger partial charge in [-0.05, 0) is 25.0 Å². The number of ether oxygens (including phenoxy) is 1. The van der Waals surface area contributed by atoms with E-state index in [1.165, 1.54) is 0 Å². The molecule has 0 N–H and O–H groups in total. The number of hydrogen-bond acceptors (Lipinski definition) is 2. The molecule has 0 fully saturated rings. The zero-order valence-electron chi connectivity index (χ0n) is 8.24. The van der Waals surface area contributed by atoms with E-state index >= 15 is 0 Å². The highest BCUT2D eigenvalue weighted by atomic mass is 79.9. The van der Waals surface area contributed by atoms with E-state index in [9.17, 15) is 0 Å². The van der Waals surface area contributed by atoms with Gasteiger partial charge in [0, 0.05) is 17.6 Å². The Balaban J connectivity index is 2.54. The second-order valence-corrected chi connectivity index (χ2v) is 3.54. The molecule has 0 radical (unpaired) electrons. The van der Waals surface area contributed by atoms with Gasteiger partial charge < -0.3 is 4.74 Å². The van der Waals surface area contributed by atoms with Crippen molar-refractivity contribution in [2.45, 2.75) is 13.3 Å². The molecule has 0 atom stereocenters. The van der Waals surface area contributed by atoms with Gasteiger partial charge in [0.2, 0.25) is 5.88 Å². The van der Waals surface area contributed by atoms with Crippen molar-refractivity contribution in [3.63, 3.8) is 0 Å². The molecule has 14 heavy (non-hydrogen) atoms. The highest BCUT2D eigenvalue weighted by molar-refractivity contribution is 9.09. The molecule has 0 saturated carbocycles. The molecule has 1 rings (SSSR count). The summed E-state index contributed by atoms with van der Waals surface area (Å²) >= 11 is 3.37. The molecular formula is C11H14BrNO. The SMILES string of the molecule is CCOc1ccc(C=CCCBr)cn1. The Labute approximate surface area is 93.1 Å². The van der Waals surface area contributed by atoms with E-state index < -0.39 is 0 Å². The number of allylic oxidation sites excluding steroid dienone is 1. The molecule has 0 amide bonds. The lowest BCUT2D eigenvalue weighted by Gasteiger charge is -2.00. The minimum absolute atomic E-state index is 0.659. The van der Waals surface area contributed by atoms with Crippen molar-refractivity contribution >= 4 is 22.0 Å². The molecule has 1 heterocycles. The van der Waals surface area contributed by atoms with Crippen LogP contribution in [-0.2, 0) is 0 Å². The maximum atomic E-state index is 5.24. The summed E-state index contributed by atoms with van der Waals surface area (Å²) in [6, 6.07) is 3.89. The van der Waals surface area contributed by atoms with Crippen LogP contribution in [-0.4, -0.2) is 16.9 Å². The van der Waals surface area contributed by atoms with Gasteiger partial charge in [-0.3, -0.25) is 0 Å². The third-order valence-corrected chi connectivity index (χ3v) is 2.10. The second-order valence-electron chi connectivity index (χ2n) is 2.74. The lowest BCUT2D eigenvalue weighted by molar-refractivity contribution is 0.327. The smallest absolute Gasteiger partial charge is 0.213 e. The monoisotopic (exact) mass is 255 g/mol. The summed E-state index contributed by atoms with van der Waals surface area (Å²) in [5.74, 6) is 0.685. The van der Waals surface area contributed by atoms with Crippen molar-refractivity contribution in [3.8, 4) is 5.88 Å². The molecule has 0 aliphatic heterocycles. The van der Waals surface area contributed by atoms with Crippen molar-refractivity contribution < 1.29 is 4.74 Å². The van der Waals surface area contributed by atoms with E-state index in [1.54, 1.807) is 0 Å². The normalized spacial score (nSPS) is 10.7. The molecule has 0 aromatic carbocycles. The summed E-state index contributed by atoms with van der Waals surface area (Å²) < 4.78 is 5.24. The maximum Gasteiger partial charge on any atom is 0.213 e. The fourth-order valence-electron chi connectivity index (χ4n) is 1.01. The molecule has 0 spiro atoms. The summed E-state index contributed by atoms with van der Waals surface area (Å²) in [6.45, 7) is 2.61. The quantitative estimate of drug-likeness (QED) is 0.754. The molecule has 2 nitrogen and oxygen atoms in total. The molecule has 1 aromatic heterocycles. The number of nitrogens with zero attached hydrogens (tertiary/aromatic N) is 1. The molecule has 0 saturated heterocycles. The molecule has 0 bridgehead atoms. The van der Waals surface area contributed by atoms with Crippen molar-refractivity contribution in [2.24, 2.45) is 0 Å². The van der Waals surface area contributed by atoms with Gasteiger partial charge in [-0.15, -0.1) is 0 Å². The van der Waals surface area contributed by atoms with E-state index in [2.05, 4.69) is 33.1 Å². The highest BCUT2D eigenvalue weighted by Crippen LogP contribution is 2.09. The molecule has 0 aliphatic rings. The lowest BCUT2D eigenvalue weighted by Crippen LogP contribution is -1.93. The van der Waals surface area contributed by atoms with Gasteiger partial charge in [0.1, 0.15) is 0 Å².